The first kappa shape index (κ1) is 14.5. The van der Waals surface area contributed by atoms with Crippen LogP contribution in [0.5, 0.6) is 5.88 Å². The van der Waals surface area contributed by atoms with Gasteiger partial charge in [0.1, 0.15) is 12.4 Å². The van der Waals surface area contributed by atoms with Crippen molar-refractivity contribution in [2.24, 2.45) is 5.41 Å². The fourth-order valence-corrected chi connectivity index (χ4v) is 0.989. The Kier molecular flexibility index (Phi) is 3.98. The molecule has 0 saturated carbocycles. The Morgan fingerprint density at radius 1 is 1.33 bits per heavy atom. The van der Waals surface area contributed by atoms with Crippen LogP contribution in [0, 0.1) is 5.41 Å². The van der Waals surface area contributed by atoms with Crippen molar-refractivity contribution in [3.05, 3.63) is 23.9 Å². The van der Waals surface area contributed by atoms with Crippen molar-refractivity contribution in [3.63, 3.8) is 0 Å². The highest BCUT2D eigenvalue weighted by Crippen LogP contribution is 2.29. The summed E-state index contributed by atoms with van der Waals surface area (Å²) in [5.74, 6) is 0.00624. The number of hydrogen-bond donors (Lipinski definition) is 0. The van der Waals surface area contributed by atoms with Gasteiger partial charge in [-0.2, -0.15) is 13.2 Å². The van der Waals surface area contributed by atoms with Crippen LogP contribution in [0.25, 0.3) is 0 Å². The maximum Gasteiger partial charge on any atom is 0.417 e. The Bertz CT molecular complexity index is 424. The average molecular weight is 261 g/mol. The number of hydrogen-bond acceptors (Lipinski definition) is 3. The summed E-state index contributed by atoms with van der Waals surface area (Å²) in [5.41, 5.74) is -1.52. The summed E-state index contributed by atoms with van der Waals surface area (Å²) >= 11 is 0. The molecule has 100 valence electrons. The Morgan fingerprint density at radius 2 is 1.94 bits per heavy atom. The molecule has 0 radical (unpaired) electrons. The molecule has 0 unspecified atom stereocenters. The van der Waals surface area contributed by atoms with Gasteiger partial charge in [-0.1, -0.05) is 0 Å². The third-order valence-corrected chi connectivity index (χ3v) is 2.60. The predicted octanol–water partition coefficient (Wildman–Crippen LogP) is 3.09. The average Bonchev–Trinajstić information content (AvgIpc) is 2.25. The van der Waals surface area contributed by atoms with Gasteiger partial charge in [0.15, 0.2) is 0 Å². The van der Waals surface area contributed by atoms with Gasteiger partial charge < -0.3 is 4.74 Å². The van der Waals surface area contributed by atoms with Crippen LogP contribution in [-0.4, -0.2) is 17.4 Å². The number of alkyl halides is 3. The minimum atomic E-state index is -4.41. The molecule has 1 heterocycles. The Morgan fingerprint density at radius 3 is 2.33 bits per heavy atom. The van der Waals surface area contributed by atoms with E-state index in [-0.39, 0.29) is 18.3 Å². The van der Waals surface area contributed by atoms with Crippen LogP contribution in [0.15, 0.2) is 18.3 Å². The zero-order chi connectivity index (χ0) is 14.0. The van der Waals surface area contributed by atoms with E-state index in [4.69, 9.17) is 4.74 Å². The summed E-state index contributed by atoms with van der Waals surface area (Å²) in [6, 6.07) is 2.03. The highest BCUT2D eigenvalue weighted by Gasteiger charge is 2.31. The normalized spacial score (nSPS) is 12.3. The molecule has 0 aliphatic heterocycles. The first-order chi connectivity index (χ1) is 8.13. The fourth-order valence-electron chi connectivity index (χ4n) is 0.989. The number of carbonyl (C=O) groups excluding carboxylic acids is 1. The summed E-state index contributed by atoms with van der Waals surface area (Å²) in [7, 11) is 0. The number of rotatable bonds is 4. The number of pyridine rings is 1. The van der Waals surface area contributed by atoms with Gasteiger partial charge in [-0.3, -0.25) is 4.79 Å². The van der Waals surface area contributed by atoms with Gasteiger partial charge in [0.05, 0.1) is 11.0 Å². The molecule has 0 aliphatic carbocycles. The lowest BCUT2D eigenvalue weighted by atomic mass is 9.90. The van der Waals surface area contributed by atoms with Crippen molar-refractivity contribution in [3.8, 4) is 5.88 Å². The maximum absolute atomic E-state index is 12.3. The lowest BCUT2D eigenvalue weighted by molar-refractivity contribution is -0.137. The molecule has 1 rings (SSSR count). The van der Waals surface area contributed by atoms with E-state index in [1.807, 2.05) is 0 Å². The quantitative estimate of drug-likeness (QED) is 0.836. The first-order valence-corrected chi connectivity index (χ1v) is 5.30. The zero-order valence-electron chi connectivity index (χ0n) is 10.3. The maximum atomic E-state index is 12.3. The van der Waals surface area contributed by atoms with Gasteiger partial charge in [-0.05, 0) is 26.8 Å². The van der Waals surface area contributed by atoms with E-state index in [1.165, 1.54) is 6.92 Å². The third kappa shape index (κ3) is 3.72. The number of ketones is 1. The molecule has 0 aliphatic rings. The minimum Gasteiger partial charge on any atom is -0.477 e. The van der Waals surface area contributed by atoms with Crippen molar-refractivity contribution in [1.82, 2.24) is 4.98 Å². The molecule has 0 aromatic carbocycles. The van der Waals surface area contributed by atoms with Crippen LogP contribution < -0.4 is 4.74 Å². The summed E-state index contributed by atoms with van der Waals surface area (Å²) in [5, 5.41) is 0. The number of ether oxygens (including phenoxy) is 1. The molecule has 3 nitrogen and oxygen atoms in total. The number of carbonyl (C=O) groups is 1. The second-order valence-corrected chi connectivity index (χ2v) is 4.61. The van der Waals surface area contributed by atoms with Gasteiger partial charge in [0, 0.05) is 12.3 Å². The Hall–Kier alpha value is -1.59. The first-order valence-electron chi connectivity index (χ1n) is 5.30. The predicted molar refractivity (Wildman–Crippen MR) is 59.2 cm³/mol. The molecular formula is C12H14F3NO2. The molecule has 18 heavy (non-hydrogen) atoms. The van der Waals surface area contributed by atoms with Crippen molar-refractivity contribution < 1.29 is 22.7 Å². The van der Waals surface area contributed by atoms with Crippen LogP contribution in [0.1, 0.15) is 26.3 Å². The minimum absolute atomic E-state index is 0.0607. The molecular weight excluding hydrogens is 247 g/mol. The molecule has 1 aromatic rings. The van der Waals surface area contributed by atoms with E-state index >= 15 is 0 Å². The molecule has 6 heteroatoms. The van der Waals surface area contributed by atoms with E-state index in [9.17, 15) is 18.0 Å². The van der Waals surface area contributed by atoms with E-state index in [1.54, 1.807) is 13.8 Å². The lowest BCUT2D eigenvalue weighted by Gasteiger charge is -2.20. The Balaban J connectivity index is 2.68. The summed E-state index contributed by atoms with van der Waals surface area (Å²) < 4.78 is 42.0. The van der Waals surface area contributed by atoms with Gasteiger partial charge in [-0.25, -0.2) is 4.98 Å². The van der Waals surface area contributed by atoms with Crippen molar-refractivity contribution >= 4 is 5.78 Å². The lowest BCUT2D eigenvalue weighted by Crippen LogP contribution is -2.29. The van der Waals surface area contributed by atoms with Crippen molar-refractivity contribution in [2.45, 2.75) is 26.9 Å². The van der Waals surface area contributed by atoms with E-state index in [0.29, 0.717) is 6.20 Å². The molecule has 0 N–H and O–H groups in total. The van der Waals surface area contributed by atoms with Crippen molar-refractivity contribution in [2.75, 3.05) is 6.61 Å². The van der Waals surface area contributed by atoms with Crippen LogP contribution in [0.3, 0.4) is 0 Å². The van der Waals surface area contributed by atoms with E-state index < -0.39 is 17.2 Å². The van der Waals surface area contributed by atoms with Crippen LogP contribution in [-0.2, 0) is 11.0 Å². The van der Waals surface area contributed by atoms with Crippen LogP contribution >= 0.6 is 0 Å². The van der Waals surface area contributed by atoms with Gasteiger partial charge in [0.2, 0.25) is 5.88 Å². The van der Waals surface area contributed by atoms with Crippen LogP contribution in [0.4, 0.5) is 13.2 Å². The topological polar surface area (TPSA) is 39.2 Å². The van der Waals surface area contributed by atoms with E-state index in [0.717, 1.165) is 12.1 Å². The molecule has 0 amide bonds. The number of aromatic nitrogens is 1. The largest absolute Gasteiger partial charge is 0.477 e. The van der Waals surface area contributed by atoms with Crippen molar-refractivity contribution in [1.29, 1.82) is 0 Å². The van der Waals surface area contributed by atoms with Gasteiger partial charge in [-0.15, -0.1) is 0 Å². The molecule has 1 aromatic heterocycles. The van der Waals surface area contributed by atoms with Crippen LogP contribution in [0.2, 0.25) is 0 Å². The summed E-state index contributed by atoms with van der Waals surface area (Å²) in [6.45, 7) is 4.89. The smallest absolute Gasteiger partial charge is 0.417 e. The fraction of sp³-hybridized carbons (Fsp3) is 0.500. The monoisotopic (exact) mass is 261 g/mol. The number of nitrogens with zero attached hydrogens (tertiary/aromatic N) is 1. The van der Waals surface area contributed by atoms with E-state index in [2.05, 4.69) is 4.98 Å². The molecule has 0 saturated heterocycles. The summed E-state index contributed by atoms with van der Waals surface area (Å²) in [6.07, 6.45) is -3.71. The number of Topliss-reactive ketones (excluding diaryl/α,β-unsaturated/α-hetero) is 1. The SMILES string of the molecule is CC(=O)C(C)(C)COc1ccc(C(F)(F)F)cn1. The molecule has 0 fully saturated rings. The highest BCUT2D eigenvalue weighted by molar-refractivity contribution is 5.81. The second kappa shape index (κ2) is 4.96. The second-order valence-electron chi connectivity index (χ2n) is 4.61. The third-order valence-electron chi connectivity index (χ3n) is 2.60. The highest BCUT2D eigenvalue weighted by atomic mass is 19.4. The van der Waals surface area contributed by atoms with Gasteiger partial charge in [0.25, 0.3) is 0 Å². The number of halogens is 3. The summed E-state index contributed by atoms with van der Waals surface area (Å²) in [4.78, 5) is 14.8. The molecule has 0 atom stereocenters. The molecule has 0 bridgehead atoms. The standard InChI is InChI=1S/C12H14F3NO2/c1-8(17)11(2,3)7-18-10-5-4-9(6-16-10)12(13,14)15/h4-6H,7H2,1-3H3. The Labute approximate surface area is 103 Å². The van der Waals surface area contributed by atoms with Gasteiger partial charge >= 0.3 is 6.18 Å². The molecule has 0 spiro atoms. The zero-order valence-corrected chi connectivity index (χ0v) is 10.3.